The molecule has 15 heavy (non-hydrogen) atoms. The van der Waals surface area contributed by atoms with Crippen molar-refractivity contribution in [1.82, 2.24) is 14.9 Å². The Morgan fingerprint density at radius 1 is 1.40 bits per heavy atom. The summed E-state index contributed by atoms with van der Waals surface area (Å²) in [6.45, 7) is 0.263. The lowest BCUT2D eigenvalue weighted by Crippen LogP contribution is -2.26. The van der Waals surface area contributed by atoms with Crippen LogP contribution < -0.4 is 10.0 Å². The van der Waals surface area contributed by atoms with Gasteiger partial charge < -0.3 is 5.32 Å². The standard InChI is InChI=1S/C7H11ClN4O2S/c1-9-15(13,14)5-4-10-7-3-2-6(8)11-12-7/h2-3,9H,4-5H2,1H3,(H,10,12). The van der Waals surface area contributed by atoms with Crippen LogP contribution >= 0.6 is 11.6 Å². The molecule has 0 aromatic carbocycles. The van der Waals surface area contributed by atoms with Crippen LogP contribution in [0.2, 0.25) is 5.15 Å². The first kappa shape index (κ1) is 12.2. The Morgan fingerprint density at radius 3 is 2.67 bits per heavy atom. The quantitative estimate of drug-likeness (QED) is 0.774. The van der Waals surface area contributed by atoms with E-state index in [0.717, 1.165) is 0 Å². The summed E-state index contributed by atoms with van der Waals surface area (Å²) in [5.41, 5.74) is 0. The minimum Gasteiger partial charge on any atom is -0.368 e. The molecule has 0 spiro atoms. The van der Waals surface area contributed by atoms with E-state index in [1.54, 1.807) is 12.1 Å². The molecule has 0 saturated heterocycles. The Morgan fingerprint density at radius 2 is 2.13 bits per heavy atom. The van der Waals surface area contributed by atoms with Crippen LogP contribution in [0.3, 0.4) is 0 Å². The van der Waals surface area contributed by atoms with Gasteiger partial charge in [0, 0.05) is 6.54 Å². The molecule has 84 valence electrons. The van der Waals surface area contributed by atoms with E-state index < -0.39 is 10.0 Å². The van der Waals surface area contributed by atoms with Crippen LogP contribution in [0, 0.1) is 0 Å². The molecule has 0 aliphatic rings. The molecule has 8 heteroatoms. The minimum atomic E-state index is -3.18. The SMILES string of the molecule is CNS(=O)(=O)CCNc1ccc(Cl)nn1. The molecule has 1 heterocycles. The molecule has 0 amide bonds. The summed E-state index contributed by atoms with van der Waals surface area (Å²) in [5, 5.41) is 10.4. The van der Waals surface area contributed by atoms with Crippen molar-refractivity contribution in [2.45, 2.75) is 0 Å². The number of halogens is 1. The van der Waals surface area contributed by atoms with Crippen molar-refractivity contribution in [2.24, 2.45) is 0 Å². The summed E-state index contributed by atoms with van der Waals surface area (Å²) in [7, 11) is -1.81. The smallest absolute Gasteiger partial charge is 0.213 e. The number of nitrogens with zero attached hydrogens (tertiary/aromatic N) is 2. The number of aromatic nitrogens is 2. The second kappa shape index (κ2) is 5.24. The van der Waals surface area contributed by atoms with Gasteiger partial charge in [0.05, 0.1) is 5.75 Å². The maximum Gasteiger partial charge on any atom is 0.213 e. The van der Waals surface area contributed by atoms with Gasteiger partial charge in [0.15, 0.2) is 5.15 Å². The van der Waals surface area contributed by atoms with E-state index in [1.807, 2.05) is 0 Å². The van der Waals surface area contributed by atoms with Crippen molar-refractivity contribution in [3.8, 4) is 0 Å². The van der Waals surface area contributed by atoms with E-state index in [4.69, 9.17) is 11.6 Å². The van der Waals surface area contributed by atoms with Crippen molar-refractivity contribution in [1.29, 1.82) is 0 Å². The third-order valence-corrected chi connectivity index (χ3v) is 3.19. The van der Waals surface area contributed by atoms with E-state index in [0.29, 0.717) is 11.0 Å². The van der Waals surface area contributed by atoms with E-state index in [2.05, 4.69) is 20.2 Å². The highest BCUT2D eigenvalue weighted by atomic mass is 35.5. The topological polar surface area (TPSA) is 84.0 Å². The molecule has 0 aliphatic carbocycles. The molecule has 1 aromatic rings. The summed E-state index contributed by atoms with van der Waals surface area (Å²) in [6.07, 6.45) is 0. The number of anilines is 1. The summed E-state index contributed by atoms with van der Waals surface area (Å²) in [6, 6.07) is 3.20. The number of sulfonamides is 1. The fraction of sp³-hybridized carbons (Fsp3) is 0.429. The lowest BCUT2D eigenvalue weighted by molar-refractivity contribution is 0.588. The second-order valence-corrected chi connectivity index (χ2v) is 5.12. The van der Waals surface area contributed by atoms with Gasteiger partial charge in [-0.2, -0.15) is 0 Å². The normalized spacial score (nSPS) is 11.3. The maximum absolute atomic E-state index is 11.0. The molecule has 0 saturated carbocycles. The van der Waals surface area contributed by atoms with Crippen LogP contribution in [-0.4, -0.2) is 38.0 Å². The third-order valence-electron chi connectivity index (χ3n) is 1.62. The fourth-order valence-corrected chi connectivity index (χ4v) is 1.50. The predicted molar refractivity (Wildman–Crippen MR) is 58.4 cm³/mol. The first-order valence-electron chi connectivity index (χ1n) is 4.18. The van der Waals surface area contributed by atoms with Gasteiger partial charge in [0.2, 0.25) is 10.0 Å². The molecule has 0 fully saturated rings. The Hall–Kier alpha value is -0.920. The van der Waals surface area contributed by atoms with Gasteiger partial charge in [-0.05, 0) is 19.2 Å². The highest BCUT2D eigenvalue weighted by Gasteiger charge is 2.05. The van der Waals surface area contributed by atoms with E-state index in [9.17, 15) is 8.42 Å². The van der Waals surface area contributed by atoms with Crippen LogP contribution in [0.5, 0.6) is 0 Å². The summed E-state index contributed by atoms with van der Waals surface area (Å²) in [4.78, 5) is 0. The molecule has 1 rings (SSSR count). The fourth-order valence-electron chi connectivity index (χ4n) is 0.826. The van der Waals surface area contributed by atoms with Crippen molar-refractivity contribution in [3.63, 3.8) is 0 Å². The molecule has 0 radical (unpaired) electrons. The van der Waals surface area contributed by atoms with Gasteiger partial charge in [0.1, 0.15) is 5.82 Å². The molecule has 0 atom stereocenters. The van der Waals surface area contributed by atoms with Crippen LogP contribution in [0.1, 0.15) is 0 Å². The second-order valence-electron chi connectivity index (χ2n) is 2.69. The Bertz CT molecular complexity index is 406. The molecule has 6 nitrogen and oxygen atoms in total. The molecular weight excluding hydrogens is 240 g/mol. The van der Waals surface area contributed by atoms with Gasteiger partial charge in [0.25, 0.3) is 0 Å². The first-order valence-corrected chi connectivity index (χ1v) is 6.21. The van der Waals surface area contributed by atoms with Crippen molar-refractivity contribution < 1.29 is 8.42 Å². The van der Waals surface area contributed by atoms with Crippen LogP contribution in [0.25, 0.3) is 0 Å². The number of nitrogens with one attached hydrogen (secondary N) is 2. The third kappa shape index (κ3) is 4.41. The first-order chi connectivity index (χ1) is 7.03. The Kier molecular flexibility index (Phi) is 4.25. The van der Waals surface area contributed by atoms with Gasteiger partial charge in [-0.25, -0.2) is 13.1 Å². The van der Waals surface area contributed by atoms with Crippen molar-refractivity contribution in [2.75, 3.05) is 24.7 Å². The monoisotopic (exact) mass is 250 g/mol. The average Bonchev–Trinajstić information content (AvgIpc) is 2.21. The Balaban J connectivity index is 2.42. The maximum atomic E-state index is 11.0. The largest absolute Gasteiger partial charge is 0.368 e. The lowest BCUT2D eigenvalue weighted by Gasteiger charge is -2.04. The van der Waals surface area contributed by atoms with E-state index >= 15 is 0 Å². The molecule has 0 aliphatic heterocycles. The summed E-state index contributed by atoms with van der Waals surface area (Å²) in [5.74, 6) is 0.471. The van der Waals surface area contributed by atoms with E-state index in [1.165, 1.54) is 7.05 Å². The zero-order valence-corrected chi connectivity index (χ0v) is 9.64. The Labute approximate surface area is 93.1 Å². The average molecular weight is 251 g/mol. The van der Waals surface area contributed by atoms with Gasteiger partial charge in [-0.3, -0.25) is 0 Å². The van der Waals surface area contributed by atoms with Crippen molar-refractivity contribution in [3.05, 3.63) is 17.3 Å². The highest BCUT2D eigenvalue weighted by Crippen LogP contribution is 2.05. The molecular formula is C7H11ClN4O2S. The van der Waals surface area contributed by atoms with Gasteiger partial charge >= 0.3 is 0 Å². The summed E-state index contributed by atoms with van der Waals surface area (Å²) >= 11 is 5.53. The van der Waals surface area contributed by atoms with Crippen LogP contribution in [-0.2, 0) is 10.0 Å². The lowest BCUT2D eigenvalue weighted by atomic mass is 10.5. The van der Waals surface area contributed by atoms with E-state index in [-0.39, 0.29) is 12.3 Å². The zero-order valence-electron chi connectivity index (χ0n) is 8.07. The van der Waals surface area contributed by atoms with Gasteiger partial charge in [-0.1, -0.05) is 11.6 Å². The minimum absolute atomic E-state index is 0.0200. The number of hydrogen-bond donors (Lipinski definition) is 2. The van der Waals surface area contributed by atoms with Gasteiger partial charge in [-0.15, -0.1) is 10.2 Å². The molecule has 2 N–H and O–H groups in total. The van der Waals surface area contributed by atoms with Crippen LogP contribution in [0.4, 0.5) is 5.82 Å². The number of rotatable bonds is 5. The number of hydrogen-bond acceptors (Lipinski definition) is 5. The molecule has 1 aromatic heterocycles. The van der Waals surface area contributed by atoms with Crippen LogP contribution in [0.15, 0.2) is 12.1 Å². The highest BCUT2D eigenvalue weighted by molar-refractivity contribution is 7.89. The molecule has 0 bridgehead atoms. The summed E-state index contributed by atoms with van der Waals surface area (Å²) < 4.78 is 24.3. The zero-order chi connectivity index (χ0) is 11.3. The van der Waals surface area contributed by atoms with Crippen molar-refractivity contribution >= 4 is 27.4 Å². The predicted octanol–water partition coefficient (Wildman–Crippen LogP) is 0.0911. The molecule has 0 unspecified atom stereocenters.